The lowest BCUT2D eigenvalue weighted by Crippen LogP contribution is -2.40. The molecule has 0 aromatic heterocycles. The zero-order valence-electron chi connectivity index (χ0n) is 12.6. The van der Waals surface area contributed by atoms with E-state index in [1.807, 2.05) is 0 Å². The van der Waals surface area contributed by atoms with E-state index in [2.05, 4.69) is 41.4 Å². The molecule has 1 saturated heterocycles. The first-order valence-corrected chi connectivity index (χ1v) is 7.86. The first kappa shape index (κ1) is 13.9. The second kappa shape index (κ2) is 6.15. The van der Waals surface area contributed by atoms with Crippen LogP contribution < -0.4 is 10.1 Å². The summed E-state index contributed by atoms with van der Waals surface area (Å²) in [5, 5.41) is 3.75. The maximum Gasteiger partial charge on any atom is 0.118 e. The molecule has 0 radical (unpaired) electrons. The smallest absolute Gasteiger partial charge is 0.118 e. The summed E-state index contributed by atoms with van der Waals surface area (Å²) < 4.78 is 5.23. The number of hydrogen-bond acceptors (Lipinski definition) is 3. The van der Waals surface area contributed by atoms with Crippen LogP contribution in [0.25, 0.3) is 0 Å². The van der Waals surface area contributed by atoms with Crippen molar-refractivity contribution in [1.82, 2.24) is 10.2 Å². The lowest BCUT2D eigenvalue weighted by Gasteiger charge is -2.29. The molecule has 1 N–H and O–H groups in total. The summed E-state index contributed by atoms with van der Waals surface area (Å²) in [6.45, 7) is 5.77. The van der Waals surface area contributed by atoms with E-state index in [1.165, 1.54) is 37.9 Å². The Kier molecular flexibility index (Phi) is 4.27. The van der Waals surface area contributed by atoms with Crippen LogP contribution in [0.5, 0.6) is 5.75 Å². The Morgan fingerprint density at radius 1 is 1.20 bits per heavy atom. The van der Waals surface area contributed by atoms with E-state index < -0.39 is 0 Å². The van der Waals surface area contributed by atoms with E-state index in [0.29, 0.717) is 12.1 Å². The Hall–Kier alpha value is -1.06. The molecule has 110 valence electrons. The number of nitrogens with zero attached hydrogens (tertiary/aromatic N) is 1. The normalized spacial score (nSPS) is 28.1. The number of nitrogens with one attached hydrogen (secondary N) is 1. The van der Waals surface area contributed by atoms with Gasteiger partial charge in [0.1, 0.15) is 5.75 Å². The third-order valence-corrected chi connectivity index (χ3v) is 4.76. The Labute approximate surface area is 122 Å². The van der Waals surface area contributed by atoms with Crippen molar-refractivity contribution < 1.29 is 4.74 Å². The minimum absolute atomic E-state index is 0.661. The molecule has 1 saturated carbocycles. The SMILES string of the molecule is COc1ccc(CN2CC(C3CC3)NCCC2C)cc1. The Balaban J connectivity index is 1.65. The van der Waals surface area contributed by atoms with E-state index in [1.54, 1.807) is 7.11 Å². The van der Waals surface area contributed by atoms with E-state index >= 15 is 0 Å². The van der Waals surface area contributed by atoms with Crippen molar-refractivity contribution in [2.45, 2.75) is 44.8 Å². The molecule has 1 aromatic carbocycles. The highest BCUT2D eigenvalue weighted by molar-refractivity contribution is 5.27. The summed E-state index contributed by atoms with van der Waals surface area (Å²) in [6, 6.07) is 9.88. The highest BCUT2D eigenvalue weighted by Gasteiger charge is 2.34. The average Bonchev–Trinajstić information content (AvgIpc) is 3.29. The molecular formula is C17H26N2O. The second-order valence-electron chi connectivity index (χ2n) is 6.31. The molecule has 1 aliphatic carbocycles. The third-order valence-electron chi connectivity index (χ3n) is 4.76. The lowest BCUT2D eigenvalue weighted by molar-refractivity contribution is 0.190. The predicted octanol–water partition coefficient (Wildman–Crippen LogP) is 2.66. The zero-order chi connectivity index (χ0) is 13.9. The highest BCUT2D eigenvalue weighted by atomic mass is 16.5. The summed E-state index contributed by atoms with van der Waals surface area (Å²) in [4.78, 5) is 2.64. The van der Waals surface area contributed by atoms with E-state index in [4.69, 9.17) is 4.74 Å². The van der Waals surface area contributed by atoms with Gasteiger partial charge < -0.3 is 10.1 Å². The van der Waals surface area contributed by atoms with Crippen LogP contribution in [0.4, 0.5) is 0 Å². The maximum absolute atomic E-state index is 5.23. The van der Waals surface area contributed by atoms with Crippen LogP contribution >= 0.6 is 0 Å². The second-order valence-corrected chi connectivity index (χ2v) is 6.31. The molecule has 1 aromatic rings. The Bertz CT molecular complexity index is 427. The van der Waals surface area contributed by atoms with Crippen molar-refractivity contribution in [1.29, 1.82) is 0 Å². The molecule has 2 fully saturated rings. The fraction of sp³-hybridized carbons (Fsp3) is 0.647. The Morgan fingerprint density at radius 2 is 1.95 bits per heavy atom. The zero-order valence-corrected chi connectivity index (χ0v) is 12.6. The summed E-state index contributed by atoms with van der Waals surface area (Å²) in [6.07, 6.45) is 4.09. The summed E-state index contributed by atoms with van der Waals surface area (Å²) in [5.74, 6) is 1.87. The molecule has 0 bridgehead atoms. The van der Waals surface area contributed by atoms with Crippen LogP contribution in [0, 0.1) is 5.92 Å². The van der Waals surface area contributed by atoms with Crippen molar-refractivity contribution in [3.05, 3.63) is 29.8 Å². The highest BCUT2D eigenvalue weighted by Crippen LogP contribution is 2.34. The number of benzene rings is 1. The molecule has 3 rings (SSSR count). The van der Waals surface area contributed by atoms with Gasteiger partial charge in [0.25, 0.3) is 0 Å². The standard InChI is InChI=1S/C17H26N2O/c1-13-9-10-18-17(15-5-6-15)12-19(13)11-14-3-7-16(20-2)8-4-14/h3-4,7-8,13,15,17-18H,5-6,9-12H2,1-2H3. The van der Waals surface area contributed by atoms with Crippen LogP contribution in [0.15, 0.2) is 24.3 Å². The molecule has 0 spiro atoms. The van der Waals surface area contributed by atoms with E-state index in [-0.39, 0.29) is 0 Å². The molecule has 2 atom stereocenters. The topological polar surface area (TPSA) is 24.5 Å². The number of methoxy groups -OCH3 is 1. The summed E-state index contributed by atoms with van der Waals surface area (Å²) in [7, 11) is 1.72. The van der Waals surface area contributed by atoms with Crippen molar-refractivity contribution in [2.75, 3.05) is 20.2 Å². The third kappa shape index (κ3) is 3.33. The minimum atomic E-state index is 0.661. The molecule has 2 unspecified atom stereocenters. The van der Waals surface area contributed by atoms with Gasteiger partial charge in [0.2, 0.25) is 0 Å². The fourth-order valence-corrected chi connectivity index (χ4v) is 3.16. The maximum atomic E-state index is 5.23. The first-order chi connectivity index (χ1) is 9.76. The van der Waals surface area contributed by atoms with Gasteiger partial charge in [-0.15, -0.1) is 0 Å². The summed E-state index contributed by atoms with van der Waals surface area (Å²) in [5.41, 5.74) is 1.38. The number of ether oxygens (including phenoxy) is 1. The van der Waals surface area contributed by atoms with Crippen LogP contribution in [0.3, 0.4) is 0 Å². The number of hydrogen-bond donors (Lipinski definition) is 1. The van der Waals surface area contributed by atoms with Crippen LogP contribution in [-0.2, 0) is 6.54 Å². The molecule has 0 amide bonds. The van der Waals surface area contributed by atoms with Gasteiger partial charge in [-0.3, -0.25) is 4.90 Å². The molecule has 2 aliphatic rings. The van der Waals surface area contributed by atoms with Gasteiger partial charge in [-0.25, -0.2) is 0 Å². The lowest BCUT2D eigenvalue weighted by atomic mass is 10.1. The molecule has 1 heterocycles. The minimum Gasteiger partial charge on any atom is -0.497 e. The van der Waals surface area contributed by atoms with Gasteiger partial charge >= 0.3 is 0 Å². The Morgan fingerprint density at radius 3 is 2.60 bits per heavy atom. The van der Waals surface area contributed by atoms with Gasteiger partial charge in [0.05, 0.1) is 7.11 Å². The summed E-state index contributed by atoms with van der Waals surface area (Å²) >= 11 is 0. The molecular weight excluding hydrogens is 248 g/mol. The van der Waals surface area contributed by atoms with Gasteiger partial charge in [0.15, 0.2) is 0 Å². The molecule has 3 heteroatoms. The van der Waals surface area contributed by atoms with Crippen molar-refractivity contribution in [3.8, 4) is 5.75 Å². The molecule has 3 nitrogen and oxygen atoms in total. The van der Waals surface area contributed by atoms with Crippen LogP contribution in [0.1, 0.15) is 31.7 Å². The quantitative estimate of drug-likeness (QED) is 0.913. The average molecular weight is 274 g/mol. The fourth-order valence-electron chi connectivity index (χ4n) is 3.16. The largest absolute Gasteiger partial charge is 0.497 e. The molecule has 20 heavy (non-hydrogen) atoms. The van der Waals surface area contributed by atoms with Gasteiger partial charge in [0, 0.05) is 25.2 Å². The van der Waals surface area contributed by atoms with Crippen molar-refractivity contribution in [3.63, 3.8) is 0 Å². The first-order valence-electron chi connectivity index (χ1n) is 7.86. The van der Waals surface area contributed by atoms with Crippen molar-refractivity contribution >= 4 is 0 Å². The van der Waals surface area contributed by atoms with Crippen LogP contribution in [0.2, 0.25) is 0 Å². The van der Waals surface area contributed by atoms with Crippen molar-refractivity contribution in [2.24, 2.45) is 5.92 Å². The van der Waals surface area contributed by atoms with E-state index in [0.717, 1.165) is 18.2 Å². The van der Waals surface area contributed by atoms with Gasteiger partial charge in [-0.1, -0.05) is 12.1 Å². The van der Waals surface area contributed by atoms with Crippen LogP contribution in [-0.4, -0.2) is 37.2 Å². The monoisotopic (exact) mass is 274 g/mol. The van der Waals surface area contributed by atoms with E-state index in [9.17, 15) is 0 Å². The number of rotatable bonds is 4. The van der Waals surface area contributed by atoms with Gasteiger partial charge in [-0.05, 0) is 56.3 Å². The van der Waals surface area contributed by atoms with Gasteiger partial charge in [-0.2, -0.15) is 0 Å². The predicted molar refractivity (Wildman–Crippen MR) is 82.0 cm³/mol. The molecule has 1 aliphatic heterocycles.